The summed E-state index contributed by atoms with van der Waals surface area (Å²) in [4.78, 5) is 12.3. The molecule has 0 saturated heterocycles. The fraction of sp³-hybridized carbons (Fsp3) is 0.320. The van der Waals surface area contributed by atoms with Gasteiger partial charge in [-0.3, -0.25) is 4.79 Å². The summed E-state index contributed by atoms with van der Waals surface area (Å²) in [6.45, 7) is 12.3. The molecule has 0 bridgehead atoms. The molecule has 0 spiro atoms. The van der Waals surface area contributed by atoms with Crippen molar-refractivity contribution in [2.75, 3.05) is 13.2 Å². The summed E-state index contributed by atoms with van der Waals surface area (Å²) in [6, 6.07) is 3.16. The fourth-order valence-electron chi connectivity index (χ4n) is 2.36. The summed E-state index contributed by atoms with van der Waals surface area (Å²) in [5.41, 5.74) is 0.647. The van der Waals surface area contributed by atoms with Crippen molar-refractivity contribution in [2.45, 2.75) is 39.7 Å². The average Bonchev–Trinajstić information content (AvgIpc) is 2.74. The molecule has 0 amide bonds. The number of nitrogens with zero attached hydrogens (tertiary/aromatic N) is 1. The molecular formula is C25H32FNO3. The minimum atomic E-state index is -0.414. The minimum Gasteiger partial charge on any atom is -0.494 e. The number of allylic oxidation sites excluding steroid dienone is 8. The van der Waals surface area contributed by atoms with E-state index in [0.29, 0.717) is 18.9 Å². The van der Waals surface area contributed by atoms with Crippen LogP contribution in [0.25, 0.3) is 0 Å². The van der Waals surface area contributed by atoms with E-state index in [-0.39, 0.29) is 12.2 Å². The van der Waals surface area contributed by atoms with Crippen LogP contribution in [-0.2, 0) is 11.3 Å². The lowest BCUT2D eigenvalue weighted by Crippen LogP contribution is -2.18. The number of unbranched alkanes of at least 4 members (excludes halogenated alkanes) is 2. The highest BCUT2D eigenvalue weighted by molar-refractivity contribution is 5.22. The topological polar surface area (TPSA) is 40.5 Å². The molecule has 1 aromatic heterocycles. The molecule has 0 N–H and O–H groups in total. The van der Waals surface area contributed by atoms with Crippen LogP contribution in [0, 0.1) is 0 Å². The van der Waals surface area contributed by atoms with Crippen LogP contribution < -0.4 is 10.3 Å². The van der Waals surface area contributed by atoms with Crippen LogP contribution >= 0.6 is 0 Å². The maximum atomic E-state index is 13.0. The molecule has 0 atom stereocenters. The van der Waals surface area contributed by atoms with Gasteiger partial charge in [0.05, 0.1) is 6.61 Å². The van der Waals surface area contributed by atoms with Gasteiger partial charge in [-0.05, 0) is 49.3 Å². The molecule has 0 aliphatic rings. The van der Waals surface area contributed by atoms with Crippen molar-refractivity contribution in [3.63, 3.8) is 0 Å². The van der Waals surface area contributed by atoms with Crippen LogP contribution in [0.4, 0.5) is 4.39 Å². The first-order valence-corrected chi connectivity index (χ1v) is 10.1. The van der Waals surface area contributed by atoms with Gasteiger partial charge in [0.2, 0.25) is 0 Å². The Bertz CT molecular complexity index is 859. The summed E-state index contributed by atoms with van der Waals surface area (Å²) >= 11 is 0. The number of hydrogen-bond donors (Lipinski definition) is 0. The van der Waals surface area contributed by atoms with E-state index in [1.54, 1.807) is 35.1 Å². The monoisotopic (exact) mass is 413 g/mol. The van der Waals surface area contributed by atoms with Crippen molar-refractivity contribution < 1.29 is 13.9 Å². The van der Waals surface area contributed by atoms with Crippen LogP contribution in [0.2, 0.25) is 0 Å². The standard InChI is InChI=1S/C25H32FNO3/c1-5-8-9-18-29-23(11-6-2)12-10-16-27-17-15-24(19-25(27)28)30-20-21(4)13-14-22(26)7-3/h6-7,10-15,17,19H,2-3,5,8-9,16,18,20H2,1,4H3/b12-10-,21-13+,22-14+,23-11+. The van der Waals surface area contributed by atoms with Gasteiger partial charge in [-0.1, -0.05) is 51.2 Å². The fourth-order valence-corrected chi connectivity index (χ4v) is 2.36. The van der Waals surface area contributed by atoms with E-state index in [9.17, 15) is 9.18 Å². The van der Waals surface area contributed by atoms with Gasteiger partial charge in [-0.15, -0.1) is 0 Å². The molecular weight excluding hydrogens is 381 g/mol. The van der Waals surface area contributed by atoms with Crippen molar-refractivity contribution in [1.29, 1.82) is 0 Å². The van der Waals surface area contributed by atoms with E-state index in [1.165, 1.54) is 12.1 Å². The SMILES string of the molecule is C=C/C=C(\C=C/Cn1ccc(OC/C(C)=C/C=C(/F)C=C)cc1=O)OCCCCC. The highest BCUT2D eigenvalue weighted by Crippen LogP contribution is 2.09. The van der Waals surface area contributed by atoms with Gasteiger partial charge in [0, 0.05) is 18.8 Å². The second-order valence-corrected chi connectivity index (χ2v) is 6.67. The van der Waals surface area contributed by atoms with Crippen LogP contribution in [0.3, 0.4) is 0 Å². The third kappa shape index (κ3) is 10.5. The van der Waals surface area contributed by atoms with Gasteiger partial charge in [0.1, 0.15) is 23.9 Å². The smallest absolute Gasteiger partial charge is 0.254 e. The normalized spacial score (nSPS) is 12.8. The Morgan fingerprint density at radius 3 is 2.70 bits per heavy atom. The Hall–Kier alpha value is -3.08. The largest absolute Gasteiger partial charge is 0.494 e. The molecule has 4 nitrogen and oxygen atoms in total. The van der Waals surface area contributed by atoms with Crippen molar-refractivity contribution in [2.24, 2.45) is 0 Å². The second-order valence-electron chi connectivity index (χ2n) is 6.67. The molecule has 30 heavy (non-hydrogen) atoms. The number of rotatable bonds is 14. The van der Waals surface area contributed by atoms with Gasteiger partial charge in [0.25, 0.3) is 5.56 Å². The van der Waals surface area contributed by atoms with Gasteiger partial charge in [-0.25, -0.2) is 4.39 Å². The molecule has 1 rings (SSSR count). The van der Waals surface area contributed by atoms with E-state index in [4.69, 9.17) is 9.47 Å². The number of halogens is 1. The first-order chi connectivity index (χ1) is 14.5. The first-order valence-electron chi connectivity index (χ1n) is 10.1. The zero-order chi connectivity index (χ0) is 22.2. The summed E-state index contributed by atoms with van der Waals surface area (Å²) < 4.78 is 25.9. The molecule has 0 aliphatic heterocycles. The third-order valence-corrected chi connectivity index (χ3v) is 4.04. The lowest BCUT2D eigenvalue weighted by molar-refractivity contribution is 0.217. The molecule has 162 valence electrons. The Morgan fingerprint density at radius 2 is 2.03 bits per heavy atom. The zero-order valence-electron chi connectivity index (χ0n) is 18.0. The van der Waals surface area contributed by atoms with Crippen molar-refractivity contribution >= 4 is 0 Å². The van der Waals surface area contributed by atoms with Crippen LogP contribution in [-0.4, -0.2) is 17.8 Å². The first kappa shape index (κ1) is 25.0. The van der Waals surface area contributed by atoms with Gasteiger partial charge in [-0.2, -0.15) is 0 Å². The molecule has 0 radical (unpaired) electrons. The molecule has 0 fully saturated rings. The van der Waals surface area contributed by atoms with Crippen molar-refractivity contribution in [3.05, 3.63) is 102 Å². The van der Waals surface area contributed by atoms with E-state index in [0.717, 1.165) is 36.7 Å². The highest BCUT2D eigenvalue weighted by atomic mass is 19.1. The molecule has 0 aliphatic carbocycles. The van der Waals surface area contributed by atoms with Crippen LogP contribution in [0.5, 0.6) is 5.75 Å². The van der Waals surface area contributed by atoms with Gasteiger partial charge >= 0.3 is 0 Å². The predicted octanol–water partition coefficient (Wildman–Crippen LogP) is 6.05. The van der Waals surface area contributed by atoms with Gasteiger partial charge in [0.15, 0.2) is 0 Å². The Labute approximate surface area is 179 Å². The highest BCUT2D eigenvalue weighted by Gasteiger charge is 2.00. The predicted molar refractivity (Wildman–Crippen MR) is 122 cm³/mol. The third-order valence-electron chi connectivity index (χ3n) is 4.04. The lowest BCUT2D eigenvalue weighted by atomic mass is 10.3. The zero-order valence-corrected chi connectivity index (χ0v) is 18.0. The van der Waals surface area contributed by atoms with Crippen molar-refractivity contribution in [1.82, 2.24) is 4.57 Å². The molecule has 5 heteroatoms. The molecule has 1 aromatic rings. The lowest BCUT2D eigenvalue weighted by Gasteiger charge is -2.08. The Kier molecular flexibility index (Phi) is 12.4. The molecule has 0 unspecified atom stereocenters. The summed E-state index contributed by atoms with van der Waals surface area (Å²) in [5, 5.41) is 0. The van der Waals surface area contributed by atoms with E-state index in [1.807, 2.05) is 19.1 Å². The number of hydrogen-bond acceptors (Lipinski definition) is 3. The average molecular weight is 414 g/mol. The summed E-state index contributed by atoms with van der Waals surface area (Å²) in [5.74, 6) is 0.772. The number of ether oxygens (including phenoxy) is 2. The maximum Gasteiger partial charge on any atom is 0.254 e. The van der Waals surface area contributed by atoms with Gasteiger partial charge < -0.3 is 14.0 Å². The Morgan fingerprint density at radius 1 is 1.23 bits per heavy atom. The summed E-state index contributed by atoms with van der Waals surface area (Å²) in [6.07, 6.45) is 16.2. The number of aromatic nitrogens is 1. The van der Waals surface area contributed by atoms with E-state index in [2.05, 4.69) is 20.1 Å². The Balaban J connectivity index is 2.63. The van der Waals surface area contributed by atoms with Crippen LogP contribution in [0.1, 0.15) is 33.1 Å². The quantitative estimate of drug-likeness (QED) is 0.212. The molecule has 1 heterocycles. The van der Waals surface area contributed by atoms with Crippen LogP contribution in [0.15, 0.2) is 96.0 Å². The van der Waals surface area contributed by atoms with E-state index >= 15 is 0 Å². The number of pyridine rings is 1. The molecule has 0 aromatic carbocycles. The van der Waals surface area contributed by atoms with Crippen molar-refractivity contribution in [3.8, 4) is 5.75 Å². The molecule has 0 saturated carbocycles. The summed E-state index contributed by atoms with van der Waals surface area (Å²) in [7, 11) is 0. The van der Waals surface area contributed by atoms with E-state index < -0.39 is 5.83 Å². The minimum absolute atomic E-state index is 0.172. The maximum absolute atomic E-state index is 13.0. The second kappa shape index (κ2) is 14.9.